The molecule has 1 aliphatic heterocycles. The minimum atomic E-state index is -0.903. The number of phenolic OH excluding ortho intramolecular Hbond substituents is 1. The van der Waals surface area contributed by atoms with Crippen LogP contribution in [0.25, 0.3) is 6.08 Å². The zero-order valence-corrected chi connectivity index (χ0v) is 15.7. The first-order chi connectivity index (χ1) is 11.4. The van der Waals surface area contributed by atoms with Crippen molar-refractivity contribution < 1.29 is 28.0 Å². The van der Waals surface area contributed by atoms with Gasteiger partial charge in [-0.1, -0.05) is 17.8 Å². The first-order valence-corrected chi connectivity index (χ1v) is 8.79. The predicted molar refractivity (Wildman–Crippen MR) is 95.2 cm³/mol. The number of carbonyl (C=O) groups is 1. The van der Waals surface area contributed by atoms with Crippen LogP contribution in [0.1, 0.15) is 40.2 Å². The lowest BCUT2D eigenvalue weighted by Gasteiger charge is -2.32. The Hall–Kier alpha value is -1.38. The molecule has 1 aliphatic rings. The highest BCUT2D eigenvalue weighted by atomic mass is 32.2. The van der Waals surface area contributed by atoms with Crippen LogP contribution in [0.15, 0.2) is 17.6 Å². The van der Waals surface area contributed by atoms with Crippen molar-refractivity contribution in [3.8, 4) is 5.75 Å². The van der Waals surface area contributed by atoms with Crippen molar-refractivity contribution >= 4 is 30.1 Å². The molecule has 0 saturated carbocycles. The Balaban J connectivity index is 2.42. The quantitative estimate of drug-likeness (QED) is 0.813. The van der Waals surface area contributed by atoms with Crippen LogP contribution in [0.4, 0.5) is 8.78 Å². The van der Waals surface area contributed by atoms with E-state index in [1.165, 1.54) is 13.0 Å². The van der Waals surface area contributed by atoms with E-state index in [0.717, 1.165) is 23.9 Å². The summed E-state index contributed by atoms with van der Waals surface area (Å²) >= 11 is 0.999. The third-order valence-corrected chi connectivity index (χ3v) is 5.28. The zero-order chi connectivity index (χ0) is 19.0. The van der Waals surface area contributed by atoms with E-state index in [1.54, 1.807) is 0 Å². The number of phenols is 1. The van der Waals surface area contributed by atoms with Crippen molar-refractivity contribution in [3.63, 3.8) is 0 Å². The zero-order valence-electron chi connectivity index (χ0n) is 14.9. The van der Waals surface area contributed by atoms with Gasteiger partial charge in [0.05, 0.1) is 11.2 Å². The van der Waals surface area contributed by atoms with Crippen molar-refractivity contribution in [1.82, 2.24) is 0 Å². The van der Waals surface area contributed by atoms with E-state index in [4.69, 9.17) is 9.31 Å². The van der Waals surface area contributed by atoms with E-state index in [9.17, 15) is 18.7 Å². The second-order valence-electron chi connectivity index (χ2n) is 6.91. The summed E-state index contributed by atoms with van der Waals surface area (Å²) in [6.45, 7) is 8.87. The Morgan fingerprint density at radius 2 is 1.68 bits per heavy atom. The second-order valence-corrected chi connectivity index (χ2v) is 8.06. The highest BCUT2D eigenvalue weighted by Gasteiger charge is 2.52. The van der Waals surface area contributed by atoms with Crippen LogP contribution >= 0.6 is 11.8 Å². The topological polar surface area (TPSA) is 55.8 Å². The fourth-order valence-electron chi connectivity index (χ4n) is 2.25. The summed E-state index contributed by atoms with van der Waals surface area (Å²) < 4.78 is 40.0. The first-order valence-electron chi connectivity index (χ1n) is 7.80. The number of rotatable bonds is 4. The molecule has 0 spiro atoms. The molecule has 8 heteroatoms. The average molecular weight is 370 g/mol. The van der Waals surface area contributed by atoms with Gasteiger partial charge in [0.15, 0.2) is 5.12 Å². The smallest absolute Gasteiger partial charge is 0.491 e. The fraction of sp³-hybridized carbons (Fsp3) is 0.471. The van der Waals surface area contributed by atoms with Crippen molar-refractivity contribution in [3.05, 3.63) is 34.8 Å². The lowest BCUT2D eigenvalue weighted by atomic mass is 9.78. The van der Waals surface area contributed by atoms with Crippen LogP contribution in [0.5, 0.6) is 5.75 Å². The second kappa shape index (κ2) is 7.09. The molecule has 1 saturated heterocycles. The molecule has 0 unspecified atom stereocenters. The molecule has 2 rings (SSSR count). The molecule has 0 bridgehead atoms. The molecule has 0 atom stereocenters. The van der Waals surface area contributed by atoms with Crippen LogP contribution in [0.3, 0.4) is 0 Å². The number of thioether (sulfide) groups is 1. The molecular weight excluding hydrogens is 349 g/mol. The minimum Gasteiger partial charge on any atom is -0.508 e. The third-order valence-electron chi connectivity index (χ3n) is 4.39. The Bertz CT molecular complexity index is 680. The molecule has 4 nitrogen and oxygen atoms in total. The van der Waals surface area contributed by atoms with Crippen molar-refractivity contribution in [1.29, 1.82) is 0 Å². The van der Waals surface area contributed by atoms with E-state index in [-0.39, 0.29) is 16.4 Å². The molecule has 25 heavy (non-hydrogen) atoms. The highest BCUT2D eigenvalue weighted by Crippen LogP contribution is 2.39. The largest absolute Gasteiger partial charge is 0.508 e. The Kier molecular flexibility index (Phi) is 5.66. The number of carbonyl (C=O) groups excluding carboxylic acids is 1. The van der Waals surface area contributed by atoms with Crippen molar-refractivity contribution in [2.45, 2.75) is 45.8 Å². The number of hydrogen-bond acceptors (Lipinski definition) is 5. The van der Waals surface area contributed by atoms with E-state index >= 15 is 0 Å². The summed E-state index contributed by atoms with van der Waals surface area (Å²) in [5.74, 6) is -2.13. The molecule has 0 aliphatic carbocycles. The first kappa shape index (κ1) is 19.9. The van der Waals surface area contributed by atoms with Crippen LogP contribution in [0.2, 0.25) is 0 Å². The third kappa shape index (κ3) is 4.43. The molecule has 136 valence electrons. The molecule has 1 aromatic carbocycles. The van der Waals surface area contributed by atoms with Gasteiger partial charge in [0.1, 0.15) is 17.4 Å². The SMILES string of the molecule is CC(=O)SCC(=Cc1c(F)cc(O)cc1F)B1OC(C)(C)C(C)(C)O1. The number of halogens is 2. The molecule has 0 radical (unpaired) electrons. The maximum atomic E-state index is 14.1. The molecule has 1 fully saturated rings. The van der Waals surface area contributed by atoms with E-state index in [0.29, 0.717) is 5.47 Å². The van der Waals surface area contributed by atoms with E-state index < -0.39 is 35.7 Å². The van der Waals surface area contributed by atoms with Gasteiger partial charge in [-0.3, -0.25) is 4.79 Å². The Morgan fingerprint density at radius 1 is 1.20 bits per heavy atom. The maximum absolute atomic E-state index is 14.1. The van der Waals surface area contributed by atoms with Gasteiger partial charge in [-0.15, -0.1) is 0 Å². The van der Waals surface area contributed by atoms with Crippen LogP contribution in [0, 0.1) is 11.6 Å². The van der Waals surface area contributed by atoms with Crippen LogP contribution in [-0.4, -0.2) is 34.3 Å². The van der Waals surface area contributed by atoms with Gasteiger partial charge in [-0.25, -0.2) is 8.78 Å². The van der Waals surface area contributed by atoms with Gasteiger partial charge in [-0.2, -0.15) is 0 Å². The van der Waals surface area contributed by atoms with E-state index in [2.05, 4.69) is 0 Å². The molecule has 1 heterocycles. The molecule has 0 aromatic heterocycles. The van der Waals surface area contributed by atoms with Crippen LogP contribution in [-0.2, 0) is 14.1 Å². The molecule has 0 amide bonds. The van der Waals surface area contributed by atoms with Gasteiger partial charge in [0.2, 0.25) is 0 Å². The Labute approximate surface area is 150 Å². The molecule has 1 aromatic rings. The summed E-state index contributed by atoms with van der Waals surface area (Å²) in [6.07, 6.45) is 1.28. The summed E-state index contributed by atoms with van der Waals surface area (Å²) in [6, 6.07) is 1.66. The average Bonchev–Trinajstić information content (AvgIpc) is 2.65. The van der Waals surface area contributed by atoms with Gasteiger partial charge in [0, 0.05) is 30.4 Å². The Morgan fingerprint density at radius 3 is 2.12 bits per heavy atom. The van der Waals surface area contributed by atoms with Crippen molar-refractivity contribution in [2.75, 3.05) is 5.75 Å². The lowest BCUT2D eigenvalue weighted by molar-refractivity contribution is -0.109. The summed E-state index contributed by atoms with van der Waals surface area (Å²) in [4.78, 5) is 11.3. The van der Waals surface area contributed by atoms with Gasteiger partial charge >= 0.3 is 7.12 Å². The number of hydrogen-bond donors (Lipinski definition) is 1. The fourth-order valence-corrected chi connectivity index (χ4v) is 2.84. The number of aromatic hydroxyl groups is 1. The maximum Gasteiger partial charge on any atom is 0.491 e. The summed E-state index contributed by atoms with van der Waals surface area (Å²) in [5, 5.41) is 9.15. The highest BCUT2D eigenvalue weighted by molar-refractivity contribution is 8.13. The van der Waals surface area contributed by atoms with Gasteiger partial charge in [0.25, 0.3) is 0 Å². The van der Waals surface area contributed by atoms with Crippen LogP contribution < -0.4 is 0 Å². The normalized spacial score (nSPS) is 19.3. The monoisotopic (exact) mass is 370 g/mol. The molecular formula is C17H21BF2O4S. The van der Waals surface area contributed by atoms with E-state index in [1.807, 2.05) is 27.7 Å². The minimum absolute atomic E-state index is 0.130. The number of benzene rings is 1. The summed E-state index contributed by atoms with van der Waals surface area (Å²) in [5.41, 5.74) is -1.12. The summed E-state index contributed by atoms with van der Waals surface area (Å²) in [7, 11) is -0.829. The van der Waals surface area contributed by atoms with Crippen molar-refractivity contribution in [2.24, 2.45) is 0 Å². The standard InChI is InChI=1S/C17H21BF2O4S/c1-10(21)25-9-11(18-23-16(2,3)17(4,5)24-18)6-13-14(19)7-12(22)8-15(13)20/h6-8,22H,9H2,1-5H3. The molecule has 1 N–H and O–H groups in total. The predicted octanol–water partition coefficient (Wildman–Crippen LogP) is 3.96. The lowest BCUT2D eigenvalue weighted by Crippen LogP contribution is -2.41. The van der Waals surface area contributed by atoms with Gasteiger partial charge < -0.3 is 14.4 Å². The van der Waals surface area contributed by atoms with Gasteiger partial charge in [-0.05, 0) is 33.2 Å².